The highest BCUT2D eigenvalue weighted by Gasteiger charge is 2.27. The predicted octanol–water partition coefficient (Wildman–Crippen LogP) is 1.98. The van der Waals surface area contributed by atoms with Crippen LogP contribution in [0.4, 0.5) is 10.1 Å². The fraction of sp³-hybridized carbons (Fsp3) is 0.412. The number of aromatic nitrogens is 6. The fourth-order valence-electron chi connectivity index (χ4n) is 3.44. The minimum Gasteiger partial charge on any atom is -0.368 e. The number of hydrogen-bond donors (Lipinski definition) is 0. The molecule has 7 nitrogen and oxygen atoms in total. The van der Waals surface area contributed by atoms with Gasteiger partial charge >= 0.3 is 0 Å². The van der Waals surface area contributed by atoms with Crippen LogP contribution in [0.3, 0.4) is 0 Å². The predicted molar refractivity (Wildman–Crippen MR) is 90.7 cm³/mol. The van der Waals surface area contributed by atoms with Crippen LogP contribution in [0.2, 0.25) is 0 Å². The third-order valence-corrected chi connectivity index (χ3v) is 4.74. The molecule has 4 rings (SSSR count). The molecule has 3 aromatic heterocycles. The molecule has 0 bridgehead atoms. The second-order valence-electron chi connectivity index (χ2n) is 6.35. The van der Waals surface area contributed by atoms with Crippen LogP contribution in [0.5, 0.6) is 0 Å². The van der Waals surface area contributed by atoms with E-state index < -0.39 is 0 Å². The molecule has 0 spiro atoms. The Hall–Kier alpha value is -2.77. The van der Waals surface area contributed by atoms with E-state index in [-0.39, 0.29) is 11.7 Å². The van der Waals surface area contributed by atoms with Gasteiger partial charge in [0.05, 0.1) is 11.9 Å². The largest absolute Gasteiger partial charge is 0.368 e. The lowest BCUT2D eigenvalue weighted by Crippen LogP contribution is -2.36. The van der Waals surface area contributed by atoms with Crippen LogP contribution in [-0.4, -0.2) is 42.6 Å². The molecule has 25 heavy (non-hydrogen) atoms. The van der Waals surface area contributed by atoms with Crippen molar-refractivity contribution >= 4 is 5.69 Å². The lowest BCUT2D eigenvalue weighted by atomic mass is 9.96. The fourth-order valence-corrected chi connectivity index (χ4v) is 3.44. The highest BCUT2D eigenvalue weighted by Crippen LogP contribution is 2.30. The zero-order chi connectivity index (χ0) is 17.2. The van der Waals surface area contributed by atoms with Crippen LogP contribution in [0.15, 0.2) is 36.9 Å². The Morgan fingerprint density at radius 2 is 2.20 bits per heavy atom. The number of anilines is 1. The van der Waals surface area contributed by atoms with E-state index in [1.165, 1.54) is 6.20 Å². The van der Waals surface area contributed by atoms with Gasteiger partial charge in [0.2, 0.25) is 0 Å². The molecule has 0 N–H and O–H groups in total. The standard InChI is InChI=1S/C17H20FN7/c1-23-16(12-25-9-3-6-20-25)21-22-17(23)13-4-2-8-24(11-13)15-5-7-19-10-14(15)18/h3,5-7,9-10,13H,2,4,8,11-12H2,1H3/t13-/m1/s1. The molecule has 1 aliphatic rings. The first-order chi connectivity index (χ1) is 12.2. The van der Waals surface area contributed by atoms with Crippen LogP contribution < -0.4 is 4.90 Å². The van der Waals surface area contributed by atoms with Crippen molar-refractivity contribution in [1.82, 2.24) is 29.5 Å². The van der Waals surface area contributed by atoms with E-state index in [0.717, 1.165) is 37.6 Å². The maximum absolute atomic E-state index is 14.1. The number of pyridine rings is 1. The quantitative estimate of drug-likeness (QED) is 0.726. The first kappa shape index (κ1) is 15.7. The van der Waals surface area contributed by atoms with Crippen molar-refractivity contribution in [1.29, 1.82) is 0 Å². The van der Waals surface area contributed by atoms with Crippen LogP contribution in [0, 0.1) is 5.82 Å². The molecule has 0 aliphatic carbocycles. The summed E-state index contributed by atoms with van der Waals surface area (Å²) in [7, 11) is 1.99. The highest BCUT2D eigenvalue weighted by molar-refractivity contribution is 5.47. The third kappa shape index (κ3) is 3.11. The van der Waals surface area contributed by atoms with Gasteiger partial charge in [-0.05, 0) is 25.0 Å². The lowest BCUT2D eigenvalue weighted by Gasteiger charge is -2.34. The first-order valence-corrected chi connectivity index (χ1v) is 8.42. The Kier molecular flexibility index (Phi) is 4.17. The van der Waals surface area contributed by atoms with Crippen LogP contribution in [-0.2, 0) is 13.6 Å². The Balaban J connectivity index is 1.54. The molecule has 0 aromatic carbocycles. The van der Waals surface area contributed by atoms with Crippen molar-refractivity contribution in [2.45, 2.75) is 25.3 Å². The maximum Gasteiger partial charge on any atom is 0.164 e. The smallest absolute Gasteiger partial charge is 0.164 e. The van der Waals surface area contributed by atoms with Crippen molar-refractivity contribution in [3.63, 3.8) is 0 Å². The van der Waals surface area contributed by atoms with E-state index in [9.17, 15) is 4.39 Å². The SMILES string of the molecule is Cn1c(Cn2cccn2)nnc1[C@@H]1CCCN(c2ccncc2F)C1. The second-order valence-corrected chi connectivity index (χ2v) is 6.35. The van der Waals surface area contributed by atoms with Gasteiger partial charge in [0.1, 0.15) is 12.4 Å². The number of nitrogens with zero attached hydrogens (tertiary/aromatic N) is 7. The summed E-state index contributed by atoms with van der Waals surface area (Å²) in [4.78, 5) is 5.91. The molecule has 0 amide bonds. The molecule has 0 saturated carbocycles. The van der Waals surface area contributed by atoms with Gasteiger partial charge in [0, 0.05) is 44.6 Å². The summed E-state index contributed by atoms with van der Waals surface area (Å²) in [5.41, 5.74) is 0.610. The van der Waals surface area contributed by atoms with E-state index >= 15 is 0 Å². The molecule has 8 heteroatoms. The van der Waals surface area contributed by atoms with E-state index in [2.05, 4.69) is 25.2 Å². The van der Waals surface area contributed by atoms with Crippen molar-refractivity contribution in [3.8, 4) is 0 Å². The van der Waals surface area contributed by atoms with Gasteiger partial charge in [-0.3, -0.25) is 9.67 Å². The maximum atomic E-state index is 14.1. The van der Waals surface area contributed by atoms with Crippen molar-refractivity contribution in [2.24, 2.45) is 7.05 Å². The Morgan fingerprint density at radius 1 is 1.28 bits per heavy atom. The summed E-state index contributed by atoms with van der Waals surface area (Å²) in [5, 5.41) is 13.0. The Bertz CT molecular complexity index is 843. The van der Waals surface area contributed by atoms with Gasteiger partial charge in [-0.25, -0.2) is 4.39 Å². The van der Waals surface area contributed by atoms with Gasteiger partial charge < -0.3 is 9.47 Å². The Morgan fingerprint density at radius 3 is 3.00 bits per heavy atom. The van der Waals surface area contributed by atoms with Gasteiger partial charge in [-0.15, -0.1) is 10.2 Å². The zero-order valence-electron chi connectivity index (χ0n) is 14.1. The van der Waals surface area contributed by atoms with Gasteiger partial charge in [-0.2, -0.15) is 5.10 Å². The minimum absolute atomic E-state index is 0.227. The third-order valence-electron chi connectivity index (χ3n) is 4.74. The average Bonchev–Trinajstić information content (AvgIpc) is 3.27. The van der Waals surface area contributed by atoms with Gasteiger partial charge in [0.15, 0.2) is 11.6 Å². The molecule has 1 atom stereocenters. The summed E-state index contributed by atoms with van der Waals surface area (Å²) < 4.78 is 17.9. The summed E-state index contributed by atoms with van der Waals surface area (Å²) >= 11 is 0. The van der Waals surface area contributed by atoms with Crippen molar-refractivity contribution in [3.05, 3.63) is 54.4 Å². The summed E-state index contributed by atoms with van der Waals surface area (Å²) in [6, 6.07) is 3.62. The molecule has 3 aromatic rings. The number of piperidine rings is 1. The molecular weight excluding hydrogens is 321 g/mol. The topological polar surface area (TPSA) is 64.7 Å². The average molecular weight is 341 g/mol. The molecule has 130 valence electrons. The normalized spacial score (nSPS) is 17.8. The van der Waals surface area contributed by atoms with Crippen molar-refractivity contribution < 1.29 is 4.39 Å². The van der Waals surface area contributed by atoms with Crippen LogP contribution in [0.25, 0.3) is 0 Å². The number of hydrogen-bond acceptors (Lipinski definition) is 5. The van der Waals surface area contributed by atoms with Crippen LogP contribution in [0.1, 0.15) is 30.4 Å². The molecular formula is C17H20FN7. The lowest BCUT2D eigenvalue weighted by molar-refractivity contribution is 0.471. The van der Waals surface area contributed by atoms with E-state index in [4.69, 9.17) is 0 Å². The molecule has 4 heterocycles. The monoisotopic (exact) mass is 341 g/mol. The number of rotatable bonds is 4. The molecule has 1 fully saturated rings. The molecule has 0 radical (unpaired) electrons. The Labute approximate surface area is 145 Å². The summed E-state index contributed by atoms with van der Waals surface area (Å²) in [6.45, 7) is 2.16. The number of halogens is 1. The highest BCUT2D eigenvalue weighted by atomic mass is 19.1. The summed E-state index contributed by atoms with van der Waals surface area (Å²) in [6.07, 6.45) is 8.57. The van der Waals surface area contributed by atoms with Crippen molar-refractivity contribution in [2.75, 3.05) is 18.0 Å². The van der Waals surface area contributed by atoms with Gasteiger partial charge in [-0.1, -0.05) is 0 Å². The zero-order valence-corrected chi connectivity index (χ0v) is 14.1. The molecule has 1 aliphatic heterocycles. The summed E-state index contributed by atoms with van der Waals surface area (Å²) in [5.74, 6) is 1.76. The van der Waals surface area contributed by atoms with Gasteiger partial charge in [0.25, 0.3) is 0 Å². The second kappa shape index (κ2) is 6.62. The van der Waals surface area contributed by atoms with E-state index in [0.29, 0.717) is 12.2 Å². The minimum atomic E-state index is -0.277. The first-order valence-electron chi connectivity index (χ1n) is 8.42. The van der Waals surface area contributed by atoms with Crippen LogP contribution >= 0.6 is 0 Å². The molecule has 0 unspecified atom stereocenters. The van der Waals surface area contributed by atoms with E-state index in [1.54, 1.807) is 18.5 Å². The molecule has 1 saturated heterocycles. The van der Waals surface area contributed by atoms with E-state index in [1.807, 2.05) is 28.6 Å².